The van der Waals surface area contributed by atoms with Gasteiger partial charge in [-0.25, -0.2) is 4.39 Å². The highest BCUT2D eigenvalue weighted by molar-refractivity contribution is 5.35. The third-order valence-corrected chi connectivity index (χ3v) is 4.13. The van der Waals surface area contributed by atoms with Crippen LogP contribution in [0.3, 0.4) is 0 Å². The summed E-state index contributed by atoms with van der Waals surface area (Å²) in [6.07, 6.45) is 0. The Labute approximate surface area is 115 Å². The lowest BCUT2D eigenvalue weighted by molar-refractivity contribution is 0.0964. The zero-order chi connectivity index (χ0) is 14.2. The summed E-state index contributed by atoms with van der Waals surface area (Å²) in [5.74, 6) is -0.174. The number of nitrogens with zero attached hydrogens (tertiary/aromatic N) is 2. The molecule has 1 heterocycles. The van der Waals surface area contributed by atoms with Gasteiger partial charge in [0.05, 0.1) is 0 Å². The van der Waals surface area contributed by atoms with Gasteiger partial charge in [0.2, 0.25) is 0 Å². The van der Waals surface area contributed by atoms with Crippen molar-refractivity contribution in [2.75, 3.05) is 33.7 Å². The molecule has 19 heavy (non-hydrogen) atoms. The Morgan fingerprint density at radius 3 is 2.58 bits per heavy atom. The van der Waals surface area contributed by atoms with E-state index < -0.39 is 0 Å². The first-order chi connectivity index (χ1) is 8.90. The van der Waals surface area contributed by atoms with E-state index in [-0.39, 0.29) is 17.9 Å². The lowest BCUT2D eigenvalue weighted by Gasteiger charge is -2.41. The minimum atomic E-state index is -0.284. The number of piperazine rings is 1. The maximum atomic E-state index is 14.2. The molecule has 1 fully saturated rings. The van der Waals surface area contributed by atoms with Crippen molar-refractivity contribution in [2.24, 2.45) is 5.73 Å². The van der Waals surface area contributed by atoms with Gasteiger partial charge in [-0.15, -0.1) is 0 Å². The average molecular weight is 265 g/mol. The summed E-state index contributed by atoms with van der Waals surface area (Å²) in [6.45, 7) is 6.74. The number of hydrogen-bond donors (Lipinski definition) is 1. The fraction of sp³-hybridized carbons (Fsp3) is 0.600. The van der Waals surface area contributed by atoms with Crippen LogP contribution in [-0.4, -0.2) is 49.6 Å². The third kappa shape index (κ3) is 2.96. The molecule has 0 radical (unpaired) electrons. The van der Waals surface area contributed by atoms with Crippen LogP contribution < -0.4 is 5.73 Å². The highest BCUT2D eigenvalue weighted by Crippen LogP contribution is 2.27. The van der Waals surface area contributed by atoms with Gasteiger partial charge >= 0.3 is 0 Å². The number of likely N-dealkylation sites (N-methyl/N-ethyl adjacent to an activating group) is 2. The highest BCUT2D eigenvalue weighted by atomic mass is 19.1. The largest absolute Gasteiger partial charge is 0.323 e. The van der Waals surface area contributed by atoms with Crippen molar-refractivity contribution < 1.29 is 4.39 Å². The molecule has 1 aliphatic heterocycles. The summed E-state index contributed by atoms with van der Waals surface area (Å²) in [6, 6.07) is 3.46. The van der Waals surface area contributed by atoms with Gasteiger partial charge in [0.25, 0.3) is 0 Å². The molecule has 0 saturated carbocycles. The molecule has 0 bridgehead atoms. The van der Waals surface area contributed by atoms with Gasteiger partial charge in [-0.3, -0.25) is 4.90 Å². The molecule has 0 aromatic heterocycles. The Hall–Kier alpha value is -0.970. The number of hydrogen-bond acceptors (Lipinski definition) is 3. The Bertz CT molecular complexity index is 438. The lowest BCUT2D eigenvalue weighted by atomic mass is 9.92. The molecule has 2 N–H and O–H groups in total. The summed E-state index contributed by atoms with van der Waals surface area (Å²) in [4.78, 5) is 4.50. The van der Waals surface area contributed by atoms with Crippen molar-refractivity contribution in [3.8, 4) is 0 Å². The zero-order valence-corrected chi connectivity index (χ0v) is 12.3. The van der Waals surface area contributed by atoms with Crippen molar-refractivity contribution in [3.63, 3.8) is 0 Å². The second kappa shape index (κ2) is 5.57. The fourth-order valence-corrected chi connectivity index (χ4v) is 2.97. The van der Waals surface area contributed by atoms with E-state index in [1.54, 1.807) is 6.07 Å². The standard InChI is InChI=1S/C15H24FN3/c1-10-7-11(2)14(12(16)8-10)15(17)13-9-18(3)5-6-19(13)4/h7-8,13,15H,5-6,9,17H2,1-4H3. The minimum Gasteiger partial charge on any atom is -0.323 e. The highest BCUT2D eigenvalue weighted by Gasteiger charge is 2.30. The van der Waals surface area contributed by atoms with E-state index in [0.717, 1.165) is 30.8 Å². The quantitative estimate of drug-likeness (QED) is 0.883. The predicted octanol–water partition coefficient (Wildman–Crippen LogP) is 1.69. The molecule has 1 aromatic carbocycles. The molecule has 0 amide bonds. The first-order valence-corrected chi connectivity index (χ1v) is 6.81. The fourth-order valence-electron chi connectivity index (χ4n) is 2.97. The Morgan fingerprint density at radius 2 is 1.95 bits per heavy atom. The lowest BCUT2D eigenvalue weighted by Crippen LogP contribution is -2.54. The van der Waals surface area contributed by atoms with Crippen LogP contribution in [0.2, 0.25) is 0 Å². The van der Waals surface area contributed by atoms with E-state index in [1.165, 1.54) is 0 Å². The van der Waals surface area contributed by atoms with E-state index in [1.807, 2.05) is 19.9 Å². The molecule has 3 nitrogen and oxygen atoms in total. The van der Waals surface area contributed by atoms with E-state index in [2.05, 4.69) is 23.9 Å². The molecule has 1 aliphatic rings. The minimum absolute atomic E-state index is 0.162. The van der Waals surface area contributed by atoms with Crippen LogP contribution in [0.25, 0.3) is 0 Å². The van der Waals surface area contributed by atoms with Gasteiger partial charge in [-0.2, -0.15) is 0 Å². The van der Waals surface area contributed by atoms with Crippen LogP contribution in [0.1, 0.15) is 22.7 Å². The van der Waals surface area contributed by atoms with Crippen molar-refractivity contribution in [2.45, 2.75) is 25.9 Å². The van der Waals surface area contributed by atoms with Crippen molar-refractivity contribution in [1.82, 2.24) is 9.80 Å². The number of rotatable bonds is 2. The maximum absolute atomic E-state index is 14.2. The summed E-state index contributed by atoms with van der Waals surface area (Å²) in [7, 11) is 4.16. The molecule has 1 saturated heterocycles. The summed E-state index contributed by atoms with van der Waals surface area (Å²) >= 11 is 0. The van der Waals surface area contributed by atoms with E-state index >= 15 is 0 Å². The second-order valence-corrected chi connectivity index (χ2v) is 5.81. The van der Waals surface area contributed by atoms with Gasteiger partial charge < -0.3 is 10.6 Å². The summed E-state index contributed by atoms with van der Waals surface area (Å²) < 4.78 is 14.2. The van der Waals surface area contributed by atoms with Crippen LogP contribution in [0.4, 0.5) is 4.39 Å². The molecule has 2 atom stereocenters. The molecule has 106 valence electrons. The van der Waals surface area contributed by atoms with Crippen LogP contribution in [0, 0.1) is 19.7 Å². The molecule has 4 heteroatoms. The van der Waals surface area contributed by atoms with Gasteiger partial charge in [0, 0.05) is 37.3 Å². The predicted molar refractivity (Wildman–Crippen MR) is 76.7 cm³/mol. The Balaban J connectivity index is 2.30. The van der Waals surface area contributed by atoms with Crippen molar-refractivity contribution in [3.05, 3.63) is 34.6 Å². The maximum Gasteiger partial charge on any atom is 0.128 e. The van der Waals surface area contributed by atoms with Crippen LogP contribution in [-0.2, 0) is 0 Å². The van der Waals surface area contributed by atoms with Gasteiger partial charge in [-0.05, 0) is 45.1 Å². The van der Waals surface area contributed by atoms with Crippen LogP contribution >= 0.6 is 0 Å². The number of halogens is 1. The van der Waals surface area contributed by atoms with E-state index in [9.17, 15) is 4.39 Å². The SMILES string of the molecule is Cc1cc(C)c(C(N)C2CN(C)CCN2C)c(F)c1. The van der Waals surface area contributed by atoms with Crippen LogP contribution in [0.5, 0.6) is 0 Å². The molecular formula is C15H24FN3. The van der Waals surface area contributed by atoms with E-state index in [0.29, 0.717) is 5.56 Å². The molecule has 2 rings (SSSR count). The molecule has 0 spiro atoms. The molecule has 0 aliphatic carbocycles. The zero-order valence-electron chi connectivity index (χ0n) is 12.3. The smallest absolute Gasteiger partial charge is 0.128 e. The summed E-state index contributed by atoms with van der Waals surface area (Å²) in [5, 5.41) is 0. The van der Waals surface area contributed by atoms with Gasteiger partial charge in [0.15, 0.2) is 0 Å². The Kier molecular flexibility index (Phi) is 4.23. The van der Waals surface area contributed by atoms with Gasteiger partial charge in [-0.1, -0.05) is 6.07 Å². The number of benzene rings is 1. The average Bonchev–Trinajstić information content (AvgIpc) is 2.30. The van der Waals surface area contributed by atoms with Gasteiger partial charge in [0.1, 0.15) is 5.82 Å². The van der Waals surface area contributed by atoms with Crippen LogP contribution in [0.15, 0.2) is 12.1 Å². The van der Waals surface area contributed by atoms with E-state index in [4.69, 9.17) is 5.73 Å². The third-order valence-electron chi connectivity index (χ3n) is 4.13. The first-order valence-electron chi connectivity index (χ1n) is 6.81. The first kappa shape index (κ1) is 14.4. The monoisotopic (exact) mass is 265 g/mol. The van der Waals surface area contributed by atoms with Crippen molar-refractivity contribution >= 4 is 0 Å². The molecular weight excluding hydrogens is 241 g/mol. The van der Waals surface area contributed by atoms with Crippen molar-refractivity contribution in [1.29, 1.82) is 0 Å². The normalized spacial score (nSPS) is 23.6. The summed E-state index contributed by atoms with van der Waals surface area (Å²) in [5.41, 5.74) is 8.93. The number of aryl methyl sites for hydroxylation is 2. The second-order valence-electron chi connectivity index (χ2n) is 5.81. The molecule has 1 aromatic rings. The Morgan fingerprint density at radius 1 is 1.26 bits per heavy atom. The topological polar surface area (TPSA) is 32.5 Å². The number of nitrogens with two attached hydrogens (primary N) is 1. The molecule has 2 unspecified atom stereocenters.